The molecule has 0 spiro atoms. The monoisotopic (exact) mass is 193 g/mol. The molecule has 76 valence electrons. The molecule has 2 heteroatoms. The first kappa shape index (κ1) is 10.8. The smallest absolute Gasteiger partial charge is 0.125 e. The second kappa shape index (κ2) is 5.43. The normalized spacial score (nSPS) is 9.86. The molecule has 0 atom stereocenters. The third-order valence-electron chi connectivity index (χ3n) is 1.96. The van der Waals surface area contributed by atoms with Crippen molar-refractivity contribution >= 4 is 5.69 Å². The minimum Gasteiger partial charge on any atom is -0.385 e. The van der Waals surface area contributed by atoms with Gasteiger partial charge in [-0.15, -0.1) is 6.58 Å². The first-order valence-corrected chi connectivity index (χ1v) is 4.84. The fraction of sp³-hybridized carbons (Fsp3) is 0.333. The van der Waals surface area contributed by atoms with Gasteiger partial charge in [-0.05, 0) is 43.5 Å². The van der Waals surface area contributed by atoms with Crippen molar-refractivity contribution in [1.82, 2.24) is 0 Å². The van der Waals surface area contributed by atoms with Crippen molar-refractivity contribution in [2.75, 3.05) is 11.9 Å². The van der Waals surface area contributed by atoms with Crippen LogP contribution >= 0.6 is 0 Å². The largest absolute Gasteiger partial charge is 0.385 e. The summed E-state index contributed by atoms with van der Waals surface area (Å²) in [7, 11) is 0. The maximum Gasteiger partial charge on any atom is 0.125 e. The highest BCUT2D eigenvalue weighted by atomic mass is 19.1. The van der Waals surface area contributed by atoms with Crippen LogP contribution in [0.1, 0.15) is 18.4 Å². The van der Waals surface area contributed by atoms with Crippen molar-refractivity contribution in [1.29, 1.82) is 0 Å². The van der Waals surface area contributed by atoms with Crippen LogP contribution in [0.5, 0.6) is 0 Å². The molecule has 0 saturated heterocycles. The molecule has 0 saturated carbocycles. The molecule has 0 amide bonds. The third kappa shape index (κ3) is 3.60. The highest BCUT2D eigenvalue weighted by Crippen LogP contribution is 2.13. The van der Waals surface area contributed by atoms with Gasteiger partial charge >= 0.3 is 0 Å². The molecule has 1 aromatic carbocycles. The van der Waals surface area contributed by atoms with Gasteiger partial charge in [0.15, 0.2) is 0 Å². The number of hydrogen-bond donors (Lipinski definition) is 1. The van der Waals surface area contributed by atoms with Crippen molar-refractivity contribution in [3.8, 4) is 0 Å². The summed E-state index contributed by atoms with van der Waals surface area (Å²) >= 11 is 0. The number of rotatable bonds is 5. The maximum atomic E-state index is 12.9. The lowest BCUT2D eigenvalue weighted by Gasteiger charge is -2.06. The average Bonchev–Trinajstić information content (AvgIpc) is 2.11. The Hall–Kier alpha value is -1.31. The number of benzene rings is 1. The van der Waals surface area contributed by atoms with Gasteiger partial charge in [-0.3, -0.25) is 0 Å². The molecular weight excluding hydrogens is 177 g/mol. The van der Waals surface area contributed by atoms with Crippen LogP contribution in [0.3, 0.4) is 0 Å². The Kier molecular flexibility index (Phi) is 4.17. The van der Waals surface area contributed by atoms with Crippen molar-refractivity contribution in [3.63, 3.8) is 0 Å². The highest BCUT2D eigenvalue weighted by Gasteiger charge is 1.96. The molecule has 0 fully saturated rings. The van der Waals surface area contributed by atoms with Gasteiger partial charge in [0.2, 0.25) is 0 Å². The number of hydrogen-bond acceptors (Lipinski definition) is 1. The maximum absolute atomic E-state index is 12.9. The van der Waals surface area contributed by atoms with Crippen LogP contribution in [0.2, 0.25) is 0 Å². The number of unbranched alkanes of at least 4 members (excludes halogenated alkanes) is 1. The lowest BCUT2D eigenvalue weighted by Crippen LogP contribution is -2.01. The first-order valence-electron chi connectivity index (χ1n) is 4.84. The van der Waals surface area contributed by atoms with Crippen molar-refractivity contribution in [2.45, 2.75) is 19.8 Å². The zero-order valence-electron chi connectivity index (χ0n) is 8.52. The van der Waals surface area contributed by atoms with Crippen LogP contribution in [0.4, 0.5) is 10.1 Å². The Morgan fingerprint density at radius 2 is 2.21 bits per heavy atom. The van der Waals surface area contributed by atoms with Crippen LogP contribution in [-0.4, -0.2) is 6.54 Å². The summed E-state index contributed by atoms with van der Waals surface area (Å²) < 4.78 is 12.9. The minimum absolute atomic E-state index is 0.184. The standard InChI is InChI=1S/C12H16FN/c1-3-4-5-6-14-12-8-10(2)7-11(13)9-12/h3,7-9,14H,1,4-6H2,2H3. The van der Waals surface area contributed by atoms with Crippen LogP contribution in [0.25, 0.3) is 0 Å². The lowest BCUT2D eigenvalue weighted by atomic mass is 10.2. The molecule has 1 aromatic rings. The Morgan fingerprint density at radius 3 is 2.86 bits per heavy atom. The zero-order valence-corrected chi connectivity index (χ0v) is 8.52. The molecule has 1 N–H and O–H groups in total. The SMILES string of the molecule is C=CCCCNc1cc(C)cc(F)c1. The third-order valence-corrected chi connectivity index (χ3v) is 1.96. The van der Waals surface area contributed by atoms with Crippen molar-refractivity contribution in [3.05, 3.63) is 42.2 Å². The van der Waals surface area contributed by atoms with Crippen molar-refractivity contribution < 1.29 is 4.39 Å². The molecule has 1 rings (SSSR count). The Bertz CT molecular complexity index is 287. The van der Waals surface area contributed by atoms with E-state index >= 15 is 0 Å². The topological polar surface area (TPSA) is 12.0 Å². The molecule has 0 aliphatic heterocycles. The Balaban J connectivity index is 2.46. The lowest BCUT2D eigenvalue weighted by molar-refractivity contribution is 0.627. The number of nitrogens with one attached hydrogen (secondary N) is 1. The van der Waals surface area contributed by atoms with E-state index < -0.39 is 0 Å². The zero-order chi connectivity index (χ0) is 10.4. The van der Waals surface area contributed by atoms with Gasteiger partial charge in [0, 0.05) is 12.2 Å². The van der Waals surface area contributed by atoms with Crippen molar-refractivity contribution in [2.24, 2.45) is 0 Å². The Morgan fingerprint density at radius 1 is 1.43 bits per heavy atom. The van der Waals surface area contributed by atoms with E-state index in [2.05, 4.69) is 11.9 Å². The van der Waals surface area contributed by atoms with Crippen LogP contribution < -0.4 is 5.32 Å². The summed E-state index contributed by atoms with van der Waals surface area (Å²) in [6, 6.07) is 4.98. The van der Waals surface area contributed by atoms with E-state index in [1.807, 2.05) is 19.1 Å². The van der Waals surface area contributed by atoms with E-state index in [9.17, 15) is 4.39 Å². The summed E-state index contributed by atoms with van der Waals surface area (Å²) in [5, 5.41) is 3.17. The highest BCUT2D eigenvalue weighted by molar-refractivity contribution is 5.45. The van der Waals surface area contributed by atoms with Gasteiger partial charge in [0.05, 0.1) is 0 Å². The van der Waals surface area contributed by atoms with E-state index in [4.69, 9.17) is 0 Å². The number of allylic oxidation sites excluding steroid dienone is 1. The quantitative estimate of drug-likeness (QED) is 0.557. The van der Waals surface area contributed by atoms with Crippen LogP contribution in [-0.2, 0) is 0 Å². The van der Waals surface area contributed by atoms with Gasteiger partial charge in [0.1, 0.15) is 5.82 Å². The van der Waals surface area contributed by atoms with Gasteiger partial charge < -0.3 is 5.32 Å². The Labute approximate surface area is 84.6 Å². The van der Waals surface area contributed by atoms with E-state index in [1.54, 1.807) is 0 Å². The molecule has 0 aliphatic carbocycles. The number of halogens is 1. The second-order valence-electron chi connectivity index (χ2n) is 3.37. The summed E-state index contributed by atoms with van der Waals surface area (Å²) in [6.07, 6.45) is 3.90. The van der Waals surface area contributed by atoms with E-state index in [0.29, 0.717) is 0 Å². The molecule has 0 unspecified atom stereocenters. The summed E-state index contributed by atoms with van der Waals surface area (Å²) in [5.74, 6) is -0.184. The summed E-state index contributed by atoms with van der Waals surface area (Å²) in [6.45, 7) is 6.39. The molecule has 0 bridgehead atoms. The van der Waals surface area contributed by atoms with Gasteiger partial charge in [-0.1, -0.05) is 6.08 Å². The molecule has 1 nitrogen and oxygen atoms in total. The molecular formula is C12H16FN. The average molecular weight is 193 g/mol. The summed E-state index contributed by atoms with van der Waals surface area (Å²) in [5.41, 5.74) is 1.79. The van der Waals surface area contributed by atoms with Gasteiger partial charge in [-0.25, -0.2) is 4.39 Å². The van der Waals surface area contributed by atoms with E-state index in [0.717, 1.165) is 30.6 Å². The molecule has 0 aliphatic rings. The minimum atomic E-state index is -0.184. The van der Waals surface area contributed by atoms with E-state index in [1.165, 1.54) is 12.1 Å². The van der Waals surface area contributed by atoms with Crippen LogP contribution in [0.15, 0.2) is 30.9 Å². The fourth-order valence-electron chi connectivity index (χ4n) is 1.32. The predicted octanol–water partition coefficient (Wildman–Crippen LogP) is 3.51. The summed E-state index contributed by atoms with van der Waals surface area (Å²) in [4.78, 5) is 0. The predicted molar refractivity (Wildman–Crippen MR) is 59.1 cm³/mol. The second-order valence-corrected chi connectivity index (χ2v) is 3.37. The first-order chi connectivity index (χ1) is 6.72. The molecule has 14 heavy (non-hydrogen) atoms. The van der Waals surface area contributed by atoms with Gasteiger partial charge in [-0.2, -0.15) is 0 Å². The van der Waals surface area contributed by atoms with E-state index in [-0.39, 0.29) is 5.82 Å². The molecule has 0 radical (unpaired) electrons. The van der Waals surface area contributed by atoms with Crippen LogP contribution in [0, 0.1) is 12.7 Å². The number of aryl methyl sites for hydroxylation is 1. The molecule has 0 aromatic heterocycles. The fourth-order valence-corrected chi connectivity index (χ4v) is 1.32. The number of anilines is 1. The molecule has 0 heterocycles. The van der Waals surface area contributed by atoms with Gasteiger partial charge in [0.25, 0.3) is 0 Å².